The summed E-state index contributed by atoms with van der Waals surface area (Å²) in [6.45, 7) is 0. The molecular formula is C15H12N2O2S. The number of hydrogen-bond acceptors (Lipinski definition) is 5. The number of para-hydroxylation sites is 1. The van der Waals surface area contributed by atoms with Crippen molar-refractivity contribution in [2.24, 2.45) is 4.99 Å². The van der Waals surface area contributed by atoms with Crippen LogP contribution in [0.2, 0.25) is 0 Å². The Kier molecular flexibility index (Phi) is 3.35. The van der Waals surface area contributed by atoms with Gasteiger partial charge in [-0.2, -0.15) is 0 Å². The maximum Gasteiger partial charge on any atom is 0.210 e. The van der Waals surface area contributed by atoms with Crippen LogP contribution in [0.1, 0.15) is 5.56 Å². The Balaban J connectivity index is 1.88. The molecule has 1 heterocycles. The van der Waals surface area contributed by atoms with Gasteiger partial charge in [-0.25, -0.2) is 9.98 Å². The number of phenols is 1. The minimum atomic E-state index is 0.0979. The Labute approximate surface area is 120 Å². The number of rotatable bonds is 3. The maximum atomic E-state index is 9.70. The van der Waals surface area contributed by atoms with Crippen LogP contribution in [0.3, 0.4) is 0 Å². The van der Waals surface area contributed by atoms with Crippen LogP contribution in [0, 0.1) is 0 Å². The molecule has 1 N–H and O–H groups in total. The molecule has 3 aromatic rings. The fourth-order valence-electron chi connectivity index (χ4n) is 1.83. The van der Waals surface area contributed by atoms with Gasteiger partial charge in [0.25, 0.3) is 0 Å². The zero-order chi connectivity index (χ0) is 13.9. The van der Waals surface area contributed by atoms with Crippen molar-refractivity contribution in [2.45, 2.75) is 0 Å². The van der Waals surface area contributed by atoms with Crippen molar-refractivity contribution in [2.75, 3.05) is 7.11 Å². The van der Waals surface area contributed by atoms with Crippen LogP contribution >= 0.6 is 11.3 Å². The van der Waals surface area contributed by atoms with Gasteiger partial charge >= 0.3 is 0 Å². The molecule has 0 aliphatic heterocycles. The lowest BCUT2D eigenvalue weighted by Crippen LogP contribution is -1.86. The molecule has 0 aliphatic rings. The van der Waals surface area contributed by atoms with E-state index in [9.17, 15) is 5.11 Å². The second-order valence-corrected chi connectivity index (χ2v) is 5.16. The summed E-state index contributed by atoms with van der Waals surface area (Å²) in [6.07, 6.45) is 1.68. The molecule has 20 heavy (non-hydrogen) atoms. The zero-order valence-corrected chi connectivity index (χ0v) is 11.6. The smallest absolute Gasteiger partial charge is 0.210 e. The van der Waals surface area contributed by atoms with Crippen LogP contribution in [-0.4, -0.2) is 23.4 Å². The maximum absolute atomic E-state index is 9.70. The number of hydrogen-bond donors (Lipinski definition) is 1. The topological polar surface area (TPSA) is 54.7 Å². The third-order valence-electron chi connectivity index (χ3n) is 2.81. The van der Waals surface area contributed by atoms with Crippen LogP contribution in [0.15, 0.2) is 47.5 Å². The van der Waals surface area contributed by atoms with E-state index in [1.165, 1.54) is 18.4 Å². The summed E-state index contributed by atoms with van der Waals surface area (Å²) in [7, 11) is 1.52. The molecule has 0 atom stereocenters. The second-order valence-electron chi connectivity index (χ2n) is 4.15. The van der Waals surface area contributed by atoms with Gasteiger partial charge in [0.2, 0.25) is 5.13 Å². The number of fused-ring (bicyclic) bond motifs is 1. The highest BCUT2D eigenvalue weighted by Gasteiger charge is 2.02. The largest absolute Gasteiger partial charge is 0.504 e. The number of thiazole rings is 1. The van der Waals surface area contributed by atoms with Gasteiger partial charge in [-0.05, 0) is 35.9 Å². The van der Waals surface area contributed by atoms with E-state index in [1.54, 1.807) is 18.3 Å². The lowest BCUT2D eigenvalue weighted by molar-refractivity contribution is 0.373. The third-order valence-corrected chi connectivity index (χ3v) is 3.75. The molecule has 100 valence electrons. The number of phenolic OH excluding ortho intramolecular Hbond substituents is 1. The van der Waals surface area contributed by atoms with E-state index in [4.69, 9.17) is 4.74 Å². The van der Waals surface area contributed by atoms with Gasteiger partial charge in [0.05, 0.1) is 17.3 Å². The number of benzene rings is 2. The first-order chi connectivity index (χ1) is 9.76. The third kappa shape index (κ3) is 2.48. The molecule has 0 saturated carbocycles. The van der Waals surface area contributed by atoms with Crippen LogP contribution in [0.4, 0.5) is 5.13 Å². The van der Waals surface area contributed by atoms with Crippen LogP contribution in [-0.2, 0) is 0 Å². The van der Waals surface area contributed by atoms with Gasteiger partial charge in [-0.1, -0.05) is 23.5 Å². The van der Waals surface area contributed by atoms with Crippen molar-refractivity contribution < 1.29 is 9.84 Å². The van der Waals surface area contributed by atoms with E-state index < -0.39 is 0 Å². The number of aliphatic imine (C=N–C) groups is 1. The van der Waals surface area contributed by atoms with E-state index in [1.807, 2.05) is 30.3 Å². The Morgan fingerprint density at radius 1 is 1.25 bits per heavy atom. The number of aromatic nitrogens is 1. The SMILES string of the molecule is COc1ccc(C=Nc2nc3ccccc3s2)cc1O. The highest BCUT2D eigenvalue weighted by atomic mass is 32.1. The van der Waals surface area contributed by atoms with Crippen LogP contribution in [0.25, 0.3) is 10.2 Å². The standard InChI is InChI=1S/C15H12N2O2S/c1-19-13-7-6-10(8-12(13)18)9-16-15-17-11-4-2-3-5-14(11)20-15/h2-9,18H,1H3. The second kappa shape index (κ2) is 5.30. The summed E-state index contributed by atoms with van der Waals surface area (Å²) in [5.41, 5.74) is 1.74. The molecule has 1 aromatic heterocycles. The number of ether oxygens (including phenoxy) is 1. The van der Waals surface area contributed by atoms with E-state index in [0.717, 1.165) is 15.8 Å². The molecule has 0 radical (unpaired) electrons. The summed E-state index contributed by atoms with van der Waals surface area (Å²) in [5.74, 6) is 0.544. The number of nitrogens with zero attached hydrogens (tertiary/aromatic N) is 2. The molecule has 2 aromatic carbocycles. The van der Waals surface area contributed by atoms with Crippen molar-refractivity contribution in [1.29, 1.82) is 0 Å². The Bertz CT molecular complexity index is 747. The van der Waals surface area contributed by atoms with Crippen molar-refractivity contribution >= 4 is 32.9 Å². The Hall–Kier alpha value is -2.40. The molecule has 0 aliphatic carbocycles. The Morgan fingerprint density at radius 3 is 2.85 bits per heavy atom. The zero-order valence-electron chi connectivity index (χ0n) is 10.8. The van der Waals surface area contributed by atoms with Gasteiger partial charge in [-0.15, -0.1) is 0 Å². The minimum absolute atomic E-state index is 0.0979. The molecule has 0 unspecified atom stereocenters. The summed E-state index contributed by atoms with van der Waals surface area (Å²) in [6, 6.07) is 13.1. The van der Waals surface area contributed by atoms with Crippen LogP contribution in [0.5, 0.6) is 11.5 Å². The van der Waals surface area contributed by atoms with Gasteiger partial charge < -0.3 is 9.84 Å². The fraction of sp³-hybridized carbons (Fsp3) is 0.0667. The van der Waals surface area contributed by atoms with Gasteiger partial charge in [0.1, 0.15) is 0 Å². The van der Waals surface area contributed by atoms with Crippen molar-refractivity contribution in [1.82, 2.24) is 4.98 Å². The first-order valence-electron chi connectivity index (χ1n) is 6.03. The van der Waals surface area contributed by atoms with Crippen molar-refractivity contribution in [3.05, 3.63) is 48.0 Å². The van der Waals surface area contributed by atoms with Crippen LogP contribution < -0.4 is 4.74 Å². The fourth-order valence-corrected chi connectivity index (χ4v) is 2.64. The first-order valence-corrected chi connectivity index (χ1v) is 6.84. The molecule has 4 nitrogen and oxygen atoms in total. The van der Waals surface area contributed by atoms with E-state index >= 15 is 0 Å². The molecule has 0 amide bonds. The number of methoxy groups -OCH3 is 1. The average Bonchev–Trinajstić information content (AvgIpc) is 2.88. The monoisotopic (exact) mass is 284 g/mol. The predicted molar refractivity (Wildman–Crippen MR) is 81.5 cm³/mol. The quantitative estimate of drug-likeness (QED) is 0.745. The van der Waals surface area contributed by atoms with E-state index in [2.05, 4.69) is 9.98 Å². The van der Waals surface area contributed by atoms with Crippen molar-refractivity contribution in [3.63, 3.8) is 0 Å². The summed E-state index contributed by atoms with van der Waals surface area (Å²) < 4.78 is 6.11. The summed E-state index contributed by atoms with van der Waals surface area (Å²) >= 11 is 1.53. The normalized spacial score (nSPS) is 11.2. The average molecular weight is 284 g/mol. The molecule has 0 saturated heterocycles. The first kappa shape index (κ1) is 12.6. The summed E-state index contributed by atoms with van der Waals surface area (Å²) in [5, 5.41) is 10.4. The lowest BCUT2D eigenvalue weighted by atomic mass is 10.2. The molecule has 3 rings (SSSR count). The Morgan fingerprint density at radius 2 is 2.10 bits per heavy atom. The summed E-state index contributed by atoms with van der Waals surface area (Å²) in [4.78, 5) is 8.76. The molecular weight excluding hydrogens is 272 g/mol. The highest BCUT2D eigenvalue weighted by molar-refractivity contribution is 7.22. The van der Waals surface area contributed by atoms with Gasteiger partial charge in [-0.3, -0.25) is 0 Å². The minimum Gasteiger partial charge on any atom is -0.504 e. The highest BCUT2D eigenvalue weighted by Crippen LogP contribution is 2.28. The van der Waals surface area contributed by atoms with E-state index in [-0.39, 0.29) is 5.75 Å². The van der Waals surface area contributed by atoms with Gasteiger partial charge in [0, 0.05) is 6.21 Å². The molecule has 0 bridgehead atoms. The number of aromatic hydroxyl groups is 1. The molecule has 5 heteroatoms. The lowest BCUT2D eigenvalue weighted by Gasteiger charge is -2.02. The van der Waals surface area contributed by atoms with E-state index in [0.29, 0.717) is 10.9 Å². The molecule has 0 fully saturated rings. The predicted octanol–water partition coefficient (Wildman–Crippen LogP) is 3.76. The van der Waals surface area contributed by atoms with Gasteiger partial charge in [0.15, 0.2) is 11.5 Å². The van der Waals surface area contributed by atoms with Crippen molar-refractivity contribution in [3.8, 4) is 11.5 Å². The molecule has 0 spiro atoms.